The highest BCUT2D eigenvalue weighted by Crippen LogP contribution is 2.18. The second-order valence-electron chi connectivity index (χ2n) is 6.47. The molecule has 28 heavy (non-hydrogen) atoms. The van der Waals surface area contributed by atoms with Crippen molar-refractivity contribution in [3.63, 3.8) is 0 Å². The van der Waals surface area contributed by atoms with Gasteiger partial charge in [-0.25, -0.2) is 14.4 Å². The quantitative estimate of drug-likeness (QED) is 0.548. The number of hydrogen-bond acceptors (Lipinski definition) is 4. The van der Waals surface area contributed by atoms with Crippen LogP contribution in [0.15, 0.2) is 65.5 Å². The molecule has 1 atom stereocenters. The van der Waals surface area contributed by atoms with Gasteiger partial charge in [0.25, 0.3) is 5.91 Å². The van der Waals surface area contributed by atoms with Crippen LogP contribution in [0.2, 0.25) is 0 Å². The highest BCUT2D eigenvalue weighted by Gasteiger charge is 2.18. The number of fused-ring (bicyclic) bond motifs is 1. The van der Waals surface area contributed by atoms with Crippen molar-refractivity contribution in [3.05, 3.63) is 84.1 Å². The van der Waals surface area contributed by atoms with Crippen LogP contribution < -0.4 is 5.32 Å². The summed E-state index contributed by atoms with van der Waals surface area (Å²) in [5.41, 5.74) is 2.90. The molecule has 7 heteroatoms. The van der Waals surface area contributed by atoms with Gasteiger partial charge in [-0.3, -0.25) is 4.79 Å². The lowest BCUT2D eigenvalue weighted by molar-refractivity contribution is 0.0930. The minimum absolute atomic E-state index is 0.208. The van der Waals surface area contributed by atoms with Gasteiger partial charge < -0.3 is 14.3 Å². The van der Waals surface area contributed by atoms with E-state index < -0.39 is 0 Å². The molecule has 2 aromatic heterocycles. The zero-order valence-electron chi connectivity index (χ0n) is 15.3. The molecule has 0 aliphatic carbocycles. The maximum absolute atomic E-state index is 13.1. The predicted molar refractivity (Wildman–Crippen MR) is 102 cm³/mol. The van der Waals surface area contributed by atoms with Crippen molar-refractivity contribution in [2.45, 2.75) is 25.9 Å². The molecule has 0 saturated heterocycles. The van der Waals surface area contributed by atoms with Crippen LogP contribution in [0.4, 0.5) is 4.39 Å². The molecule has 0 radical (unpaired) electrons. The standard InChI is InChI=1S/C21H19FN4O2/c1-2-16(14-7-9-15(22)10-8-14)25-21(27)18-12-28-20(24-18)11-26-13-23-17-5-3-4-6-19(17)26/h3-10,12-13,16H,2,11H2,1H3,(H,25,27)/t16-/m0/s1. The summed E-state index contributed by atoms with van der Waals surface area (Å²) < 4.78 is 20.5. The third-order valence-corrected chi connectivity index (χ3v) is 4.60. The summed E-state index contributed by atoms with van der Waals surface area (Å²) in [7, 11) is 0. The third kappa shape index (κ3) is 3.64. The first-order valence-electron chi connectivity index (χ1n) is 9.04. The number of para-hydroxylation sites is 2. The van der Waals surface area contributed by atoms with E-state index in [1.165, 1.54) is 18.4 Å². The number of amides is 1. The van der Waals surface area contributed by atoms with E-state index in [1.807, 2.05) is 35.8 Å². The molecule has 0 fully saturated rings. The number of carbonyl (C=O) groups is 1. The largest absolute Gasteiger partial charge is 0.446 e. The van der Waals surface area contributed by atoms with Gasteiger partial charge in [0.2, 0.25) is 5.89 Å². The number of carbonyl (C=O) groups excluding carboxylic acids is 1. The number of imidazole rings is 1. The fourth-order valence-electron chi connectivity index (χ4n) is 3.12. The molecule has 0 bridgehead atoms. The molecule has 0 aliphatic rings. The van der Waals surface area contributed by atoms with Crippen LogP contribution >= 0.6 is 0 Å². The van der Waals surface area contributed by atoms with E-state index in [2.05, 4.69) is 15.3 Å². The minimum atomic E-state index is -0.332. The van der Waals surface area contributed by atoms with Crippen LogP contribution in [-0.2, 0) is 6.54 Å². The first kappa shape index (κ1) is 17.9. The van der Waals surface area contributed by atoms with Gasteiger partial charge in [0.05, 0.1) is 23.4 Å². The topological polar surface area (TPSA) is 73.0 Å². The molecule has 0 unspecified atom stereocenters. The van der Waals surface area contributed by atoms with E-state index in [0.717, 1.165) is 16.6 Å². The summed E-state index contributed by atoms with van der Waals surface area (Å²) >= 11 is 0. The Kier molecular flexibility index (Phi) is 4.89. The molecular formula is C21H19FN4O2. The molecule has 6 nitrogen and oxygen atoms in total. The van der Waals surface area contributed by atoms with Gasteiger partial charge in [0.15, 0.2) is 5.69 Å². The zero-order valence-corrected chi connectivity index (χ0v) is 15.3. The van der Waals surface area contributed by atoms with Crippen LogP contribution in [0.25, 0.3) is 11.0 Å². The Bertz CT molecular complexity index is 1100. The van der Waals surface area contributed by atoms with Crippen molar-refractivity contribution in [2.24, 2.45) is 0 Å². The Morgan fingerprint density at radius 1 is 1.21 bits per heavy atom. The predicted octanol–water partition coefficient (Wildman–Crippen LogP) is 4.09. The van der Waals surface area contributed by atoms with Crippen LogP contribution in [0.1, 0.15) is 41.3 Å². The second kappa shape index (κ2) is 7.64. The summed E-state index contributed by atoms with van der Waals surface area (Å²) in [5.74, 6) is -0.220. The molecule has 1 N–H and O–H groups in total. The number of nitrogens with zero attached hydrogens (tertiary/aromatic N) is 3. The van der Waals surface area contributed by atoms with Crippen molar-refractivity contribution < 1.29 is 13.6 Å². The van der Waals surface area contributed by atoms with Crippen molar-refractivity contribution in [1.82, 2.24) is 19.9 Å². The Labute approximate surface area is 161 Å². The lowest BCUT2D eigenvalue weighted by atomic mass is 10.0. The lowest BCUT2D eigenvalue weighted by Gasteiger charge is -2.16. The highest BCUT2D eigenvalue weighted by atomic mass is 19.1. The maximum Gasteiger partial charge on any atom is 0.273 e. The molecule has 0 saturated carbocycles. The van der Waals surface area contributed by atoms with Gasteiger partial charge in [0, 0.05) is 0 Å². The molecule has 4 aromatic rings. The zero-order chi connectivity index (χ0) is 19.5. The Morgan fingerprint density at radius 2 is 2.00 bits per heavy atom. The van der Waals surface area contributed by atoms with Crippen LogP contribution in [0.3, 0.4) is 0 Å². The van der Waals surface area contributed by atoms with Gasteiger partial charge in [-0.05, 0) is 36.2 Å². The van der Waals surface area contributed by atoms with Gasteiger partial charge in [0.1, 0.15) is 18.6 Å². The highest BCUT2D eigenvalue weighted by molar-refractivity contribution is 5.92. The number of rotatable bonds is 6. The van der Waals surface area contributed by atoms with Gasteiger partial charge in [-0.15, -0.1) is 0 Å². The normalized spacial score (nSPS) is 12.2. The van der Waals surface area contributed by atoms with Crippen LogP contribution in [0, 0.1) is 5.82 Å². The molecule has 4 rings (SSSR count). The summed E-state index contributed by atoms with van der Waals surface area (Å²) in [5, 5.41) is 2.92. The van der Waals surface area contributed by atoms with Crippen molar-refractivity contribution in [1.29, 1.82) is 0 Å². The van der Waals surface area contributed by atoms with Crippen LogP contribution in [-0.4, -0.2) is 20.4 Å². The lowest BCUT2D eigenvalue weighted by Crippen LogP contribution is -2.28. The fraction of sp³-hybridized carbons (Fsp3) is 0.190. The first-order chi connectivity index (χ1) is 13.6. The van der Waals surface area contributed by atoms with Crippen molar-refractivity contribution in [2.75, 3.05) is 0 Å². The summed E-state index contributed by atoms with van der Waals surface area (Å²) in [6.45, 7) is 2.33. The average Bonchev–Trinajstić information content (AvgIpc) is 3.35. The van der Waals surface area contributed by atoms with Crippen LogP contribution in [0.5, 0.6) is 0 Å². The number of nitrogens with one attached hydrogen (secondary N) is 1. The van der Waals surface area contributed by atoms with Crippen molar-refractivity contribution >= 4 is 16.9 Å². The van der Waals surface area contributed by atoms with E-state index in [-0.39, 0.29) is 23.5 Å². The number of hydrogen-bond donors (Lipinski definition) is 1. The second-order valence-corrected chi connectivity index (χ2v) is 6.47. The number of halogens is 1. The molecule has 1 amide bonds. The Hall–Kier alpha value is -3.48. The maximum atomic E-state index is 13.1. The Balaban J connectivity index is 1.47. The molecular weight excluding hydrogens is 359 g/mol. The SMILES string of the molecule is CC[C@H](NC(=O)c1coc(Cn2cnc3ccccc32)n1)c1ccc(F)cc1. The number of benzene rings is 2. The van der Waals surface area contributed by atoms with E-state index in [4.69, 9.17) is 4.42 Å². The fourth-order valence-corrected chi connectivity index (χ4v) is 3.12. The van der Waals surface area contributed by atoms with E-state index in [1.54, 1.807) is 18.5 Å². The Morgan fingerprint density at radius 3 is 2.79 bits per heavy atom. The molecule has 0 aliphatic heterocycles. The summed E-state index contributed by atoms with van der Waals surface area (Å²) in [6.07, 6.45) is 3.74. The minimum Gasteiger partial charge on any atom is -0.446 e. The van der Waals surface area contributed by atoms with Gasteiger partial charge in [-0.2, -0.15) is 0 Å². The van der Waals surface area contributed by atoms with E-state index in [9.17, 15) is 9.18 Å². The first-order valence-corrected chi connectivity index (χ1v) is 9.04. The third-order valence-electron chi connectivity index (χ3n) is 4.60. The van der Waals surface area contributed by atoms with Gasteiger partial charge in [-0.1, -0.05) is 31.2 Å². The van der Waals surface area contributed by atoms with E-state index in [0.29, 0.717) is 18.9 Å². The number of oxazole rings is 1. The smallest absolute Gasteiger partial charge is 0.273 e. The molecule has 2 heterocycles. The van der Waals surface area contributed by atoms with Crippen molar-refractivity contribution in [3.8, 4) is 0 Å². The average molecular weight is 378 g/mol. The summed E-state index contributed by atoms with van der Waals surface area (Å²) in [4.78, 5) is 21.2. The van der Waals surface area contributed by atoms with E-state index >= 15 is 0 Å². The molecule has 2 aromatic carbocycles. The monoisotopic (exact) mass is 378 g/mol. The molecule has 142 valence electrons. The summed E-state index contributed by atoms with van der Waals surface area (Å²) in [6, 6.07) is 13.6. The molecule has 0 spiro atoms. The number of aromatic nitrogens is 3. The van der Waals surface area contributed by atoms with Gasteiger partial charge >= 0.3 is 0 Å².